The molecule has 7 heteroatoms. The number of rotatable bonds is 6. The largest absolute Gasteiger partial charge is 0.348 e. The molecule has 1 aromatic heterocycles. The van der Waals surface area contributed by atoms with Crippen molar-refractivity contribution in [3.8, 4) is 0 Å². The fourth-order valence-corrected chi connectivity index (χ4v) is 5.19. The maximum absolute atomic E-state index is 12.9. The van der Waals surface area contributed by atoms with Crippen LogP contribution in [0.1, 0.15) is 41.8 Å². The van der Waals surface area contributed by atoms with E-state index in [-0.39, 0.29) is 23.6 Å². The molecule has 0 unspecified atom stereocenters. The Morgan fingerprint density at radius 3 is 2.50 bits per heavy atom. The van der Waals surface area contributed by atoms with Crippen LogP contribution in [-0.4, -0.2) is 51.1 Å². The van der Waals surface area contributed by atoms with E-state index in [4.69, 9.17) is 0 Å². The first-order valence-corrected chi connectivity index (χ1v) is 12.0. The summed E-state index contributed by atoms with van der Waals surface area (Å²) in [6.45, 7) is 6.19. The zero-order valence-corrected chi connectivity index (χ0v) is 19.5. The smallest absolute Gasteiger partial charge is 0.294 e. The van der Waals surface area contributed by atoms with E-state index >= 15 is 0 Å². The van der Waals surface area contributed by atoms with Crippen LogP contribution in [0.2, 0.25) is 0 Å². The summed E-state index contributed by atoms with van der Waals surface area (Å²) in [6.07, 6.45) is 5.79. The number of imide groups is 1. The van der Waals surface area contributed by atoms with E-state index in [9.17, 15) is 14.4 Å². The van der Waals surface area contributed by atoms with Crippen LogP contribution in [0.5, 0.6) is 0 Å². The normalized spacial score (nSPS) is 18.1. The average Bonchev–Trinajstić information content (AvgIpc) is 3.22. The number of likely N-dealkylation sites (tertiary alicyclic amines) is 1. The maximum Gasteiger partial charge on any atom is 0.294 e. The van der Waals surface area contributed by atoms with Crippen molar-refractivity contribution in [3.63, 3.8) is 0 Å². The second-order valence-electron chi connectivity index (χ2n) is 8.42. The predicted octanol–water partition coefficient (Wildman–Crippen LogP) is 4.40. The van der Waals surface area contributed by atoms with Gasteiger partial charge in [-0.15, -0.1) is 0 Å². The molecule has 3 amide bonds. The molecule has 3 heterocycles. The lowest BCUT2D eigenvalue weighted by atomic mass is 10.1. The summed E-state index contributed by atoms with van der Waals surface area (Å²) in [5.41, 5.74) is 4.39. The first kappa shape index (κ1) is 22.4. The van der Waals surface area contributed by atoms with Crippen molar-refractivity contribution in [2.45, 2.75) is 46.1 Å². The Hall–Kier alpha value is -2.80. The second-order valence-corrected chi connectivity index (χ2v) is 9.42. The van der Waals surface area contributed by atoms with Crippen LogP contribution in [0.4, 0.5) is 4.79 Å². The van der Waals surface area contributed by atoms with Gasteiger partial charge in [0.05, 0.1) is 4.91 Å². The van der Waals surface area contributed by atoms with Gasteiger partial charge in [-0.1, -0.05) is 30.3 Å². The molecule has 0 saturated carbocycles. The molecule has 2 aliphatic rings. The van der Waals surface area contributed by atoms with Crippen molar-refractivity contribution in [2.75, 3.05) is 19.6 Å². The van der Waals surface area contributed by atoms with Crippen LogP contribution in [-0.2, 0) is 22.6 Å². The maximum atomic E-state index is 12.9. The van der Waals surface area contributed by atoms with E-state index in [1.165, 1.54) is 5.56 Å². The summed E-state index contributed by atoms with van der Waals surface area (Å²) in [6, 6.07) is 12.4. The van der Waals surface area contributed by atoms with Crippen molar-refractivity contribution >= 4 is 34.9 Å². The molecule has 2 saturated heterocycles. The third-order valence-corrected chi connectivity index (χ3v) is 7.15. The van der Waals surface area contributed by atoms with E-state index < -0.39 is 0 Å². The molecule has 4 rings (SSSR count). The van der Waals surface area contributed by atoms with Gasteiger partial charge in [-0.3, -0.25) is 19.3 Å². The summed E-state index contributed by atoms with van der Waals surface area (Å²) in [5.74, 6) is -0.521. The number of amides is 3. The van der Waals surface area contributed by atoms with Crippen molar-refractivity contribution < 1.29 is 14.4 Å². The van der Waals surface area contributed by atoms with Gasteiger partial charge < -0.3 is 9.47 Å². The van der Waals surface area contributed by atoms with Crippen LogP contribution < -0.4 is 0 Å². The molecule has 0 atom stereocenters. The molecule has 0 bridgehead atoms. The standard InChI is InChI=1S/C25H29N3O3S/c1-18-15-21(19(2)27(18)14-11-20-9-5-3-6-10-20)16-22-24(30)28(25(31)32-22)17-23(29)26-12-7-4-8-13-26/h3,5-6,9-10,15-16H,4,7-8,11-14,17H2,1-2H3/b22-16-. The Labute approximate surface area is 193 Å². The number of carbonyl (C=O) groups is 3. The summed E-state index contributed by atoms with van der Waals surface area (Å²) in [4.78, 5) is 41.1. The lowest BCUT2D eigenvalue weighted by molar-refractivity contribution is -0.136. The molecule has 0 aliphatic carbocycles. The van der Waals surface area contributed by atoms with E-state index in [0.29, 0.717) is 18.0 Å². The Morgan fingerprint density at radius 1 is 1.06 bits per heavy atom. The van der Waals surface area contributed by atoms with E-state index in [1.807, 2.05) is 31.2 Å². The SMILES string of the molecule is Cc1cc(/C=C2\SC(=O)N(CC(=O)N3CCCCC3)C2=O)c(C)n1CCc1ccccc1. The molecule has 0 spiro atoms. The van der Waals surface area contributed by atoms with Crippen molar-refractivity contribution in [2.24, 2.45) is 0 Å². The summed E-state index contributed by atoms with van der Waals surface area (Å²) < 4.78 is 2.24. The van der Waals surface area contributed by atoms with Gasteiger partial charge in [0, 0.05) is 31.0 Å². The first-order chi connectivity index (χ1) is 15.4. The van der Waals surface area contributed by atoms with Gasteiger partial charge >= 0.3 is 0 Å². The molecule has 6 nitrogen and oxygen atoms in total. The fourth-order valence-electron chi connectivity index (χ4n) is 4.36. The molecule has 0 radical (unpaired) electrons. The molecule has 2 fully saturated rings. The lowest BCUT2D eigenvalue weighted by Gasteiger charge is -2.27. The van der Waals surface area contributed by atoms with Gasteiger partial charge in [0.25, 0.3) is 11.1 Å². The van der Waals surface area contributed by atoms with E-state index in [2.05, 4.69) is 23.6 Å². The lowest BCUT2D eigenvalue weighted by Crippen LogP contribution is -2.44. The molecule has 2 aliphatic heterocycles. The van der Waals surface area contributed by atoms with Crippen LogP contribution in [0.15, 0.2) is 41.3 Å². The number of carbonyl (C=O) groups excluding carboxylic acids is 3. The zero-order chi connectivity index (χ0) is 22.7. The number of benzene rings is 1. The van der Waals surface area contributed by atoms with E-state index in [0.717, 1.165) is 65.8 Å². The Morgan fingerprint density at radius 2 is 1.78 bits per heavy atom. The average molecular weight is 452 g/mol. The first-order valence-electron chi connectivity index (χ1n) is 11.2. The number of thioether (sulfide) groups is 1. The van der Waals surface area contributed by atoms with Gasteiger partial charge in [-0.05, 0) is 74.6 Å². The zero-order valence-electron chi connectivity index (χ0n) is 18.7. The van der Waals surface area contributed by atoms with Crippen LogP contribution in [0.25, 0.3) is 6.08 Å². The van der Waals surface area contributed by atoms with E-state index in [1.54, 1.807) is 11.0 Å². The molecule has 0 N–H and O–H groups in total. The number of nitrogens with zero attached hydrogens (tertiary/aromatic N) is 3. The minimum Gasteiger partial charge on any atom is -0.348 e. The minimum absolute atomic E-state index is 0.146. The van der Waals surface area contributed by atoms with Gasteiger partial charge in [-0.2, -0.15) is 0 Å². The molecule has 2 aromatic rings. The quantitative estimate of drug-likeness (QED) is 0.611. The number of hydrogen-bond acceptors (Lipinski definition) is 4. The molecule has 168 valence electrons. The molecular formula is C25H29N3O3S. The Bertz CT molecular complexity index is 1050. The number of aryl methyl sites for hydroxylation is 2. The number of hydrogen-bond donors (Lipinski definition) is 0. The highest BCUT2D eigenvalue weighted by Gasteiger charge is 2.37. The minimum atomic E-state index is -0.376. The highest BCUT2D eigenvalue weighted by Crippen LogP contribution is 2.33. The Balaban J connectivity index is 1.46. The second kappa shape index (κ2) is 9.77. The summed E-state index contributed by atoms with van der Waals surface area (Å²) in [5, 5.41) is -0.371. The third-order valence-electron chi connectivity index (χ3n) is 6.24. The number of piperidine rings is 1. The predicted molar refractivity (Wildman–Crippen MR) is 127 cm³/mol. The van der Waals surface area contributed by atoms with Crippen LogP contribution >= 0.6 is 11.8 Å². The highest BCUT2D eigenvalue weighted by atomic mass is 32.2. The highest BCUT2D eigenvalue weighted by molar-refractivity contribution is 8.18. The molecule has 32 heavy (non-hydrogen) atoms. The Kier molecular flexibility index (Phi) is 6.84. The monoisotopic (exact) mass is 451 g/mol. The van der Waals surface area contributed by atoms with Gasteiger partial charge in [0.15, 0.2) is 0 Å². The van der Waals surface area contributed by atoms with Crippen molar-refractivity contribution in [1.82, 2.24) is 14.4 Å². The molecule has 1 aromatic carbocycles. The summed E-state index contributed by atoms with van der Waals surface area (Å²) in [7, 11) is 0. The van der Waals surface area contributed by atoms with Crippen LogP contribution in [0.3, 0.4) is 0 Å². The molecular weight excluding hydrogens is 422 g/mol. The van der Waals surface area contributed by atoms with Crippen molar-refractivity contribution in [1.29, 1.82) is 0 Å². The van der Waals surface area contributed by atoms with Gasteiger partial charge in [-0.25, -0.2) is 0 Å². The van der Waals surface area contributed by atoms with Crippen LogP contribution in [0, 0.1) is 13.8 Å². The fraction of sp³-hybridized carbons (Fsp3) is 0.400. The number of aromatic nitrogens is 1. The third kappa shape index (κ3) is 4.83. The van der Waals surface area contributed by atoms with Crippen molar-refractivity contribution in [3.05, 3.63) is 63.8 Å². The van der Waals surface area contributed by atoms with Gasteiger partial charge in [0.1, 0.15) is 6.54 Å². The summed E-state index contributed by atoms with van der Waals surface area (Å²) >= 11 is 0.918. The van der Waals surface area contributed by atoms with Gasteiger partial charge in [0.2, 0.25) is 5.91 Å². The topological polar surface area (TPSA) is 62.6 Å².